The summed E-state index contributed by atoms with van der Waals surface area (Å²) < 4.78 is 15.9. The van der Waals surface area contributed by atoms with Gasteiger partial charge in [0.25, 0.3) is 5.91 Å². The number of likely N-dealkylation sites (tertiary alicyclic amines) is 1. The molecular formula is C27H35N3O5. The second-order valence-corrected chi connectivity index (χ2v) is 9.39. The number of carbonyl (C=O) groups is 2. The largest absolute Gasteiger partial charge is 0.497 e. The first-order valence-corrected chi connectivity index (χ1v) is 12.2. The zero-order valence-corrected chi connectivity index (χ0v) is 21.0. The third-order valence-corrected chi connectivity index (χ3v) is 7.19. The van der Waals surface area contributed by atoms with Crippen molar-refractivity contribution in [2.75, 3.05) is 41.5 Å². The molecule has 4 rings (SSSR count). The van der Waals surface area contributed by atoms with Crippen LogP contribution >= 0.6 is 0 Å². The smallest absolute Gasteiger partial charge is 0.259 e. The fourth-order valence-corrected chi connectivity index (χ4v) is 4.96. The average molecular weight is 482 g/mol. The van der Waals surface area contributed by atoms with E-state index in [4.69, 9.17) is 14.2 Å². The van der Waals surface area contributed by atoms with Gasteiger partial charge in [-0.1, -0.05) is 12.1 Å². The van der Waals surface area contributed by atoms with Gasteiger partial charge in [0.15, 0.2) is 0 Å². The SMILES string of the molecule is COc1cccc(CC(C2CCN(C(=O)c3ccc(OC)nc3OC)CC2)N(C)C(=O)C2CC2)c1. The molecule has 0 N–H and O–H groups in total. The van der Waals surface area contributed by atoms with Crippen molar-refractivity contribution in [3.8, 4) is 17.5 Å². The molecule has 2 fully saturated rings. The highest BCUT2D eigenvalue weighted by molar-refractivity contribution is 5.96. The number of benzene rings is 1. The lowest BCUT2D eigenvalue weighted by molar-refractivity contribution is -0.134. The standard InChI is InChI=1S/C27H35N3O5/c1-29(26(31)20-8-9-20)23(17-18-6-5-7-21(16-18)33-2)19-12-14-30(15-13-19)27(32)22-10-11-24(34-3)28-25(22)35-4/h5-7,10-11,16,19-20,23H,8-9,12-15,17H2,1-4H3. The molecule has 1 saturated heterocycles. The Morgan fingerprint density at radius 2 is 1.77 bits per heavy atom. The zero-order chi connectivity index (χ0) is 24.9. The van der Waals surface area contributed by atoms with Crippen LogP contribution in [0.2, 0.25) is 0 Å². The summed E-state index contributed by atoms with van der Waals surface area (Å²) in [6.07, 6.45) is 4.39. The molecular weight excluding hydrogens is 446 g/mol. The number of hydrogen-bond acceptors (Lipinski definition) is 6. The van der Waals surface area contributed by atoms with Crippen molar-refractivity contribution in [1.29, 1.82) is 0 Å². The van der Waals surface area contributed by atoms with Gasteiger partial charge >= 0.3 is 0 Å². The third kappa shape index (κ3) is 5.69. The molecule has 1 aliphatic carbocycles. The van der Waals surface area contributed by atoms with E-state index in [2.05, 4.69) is 11.1 Å². The first-order valence-electron chi connectivity index (χ1n) is 12.2. The van der Waals surface area contributed by atoms with Crippen molar-refractivity contribution in [1.82, 2.24) is 14.8 Å². The van der Waals surface area contributed by atoms with E-state index in [0.29, 0.717) is 30.5 Å². The molecule has 1 unspecified atom stereocenters. The topological polar surface area (TPSA) is 81.2 Å². The predicted octanol–water partition coefficient (Wildman–Crippen LogP) is 3.44. The Labute approximate surface area is 207 Å². The Balaban J connectivity index is 1.47. The Morgan fingerprint density at radius 3 is 2.40 bits per heavy atom. The lowest BCUT2D eigenvalue weighted by Gasteiger charge is -2.40. The second-order valence-electron chi connectivity index (χ2n) is 9.39. The molecule has 35 heavy (non-hydrogen) atoms. The summed E-state index contributed by atoms with van der Waals surface area (Å²) in [5, 5.41) is 0. The molecule has 8 nitrogen and oxygen atoms in total. The van der Waals surface area contributed by atoms with Crippen molar-refractivity contribution in [2.45, 2.75) is 38.1 Å². The van der Waals surface area contributed by atoms with Crippen LogP contribution in [0.3, 0.4) is 0 Å². The van der Waals surface area contributed by atoms with Crippen molar-refractivity contribution in [3.63, 3.8) is 0 Å². The molecule has 0 radical (unpaired) electrons. The molecule has 1 atom stereocenters. The quantitative estimate of drug-likeness (QED) is 0.546. The van der Waals surface area contributed by atoms with Crippen LogP contribution < -0.4 is 14.2 Å². The zero-order valence-electron chi connectivity index (χ0n) is 21.0. The number of aromatic nitrogens is 1. The number of rotatable bonds is 9. The molecule has 2 aliphatic rings. The van der Waals surface area contributed by atoms with Crippen molar-refractivity contribution >= 4 is 11.8 Å². The highest BCUT2D eigenvalue weighted by Crippen LogP contribution is 2.35. The molecule has 1 aromatic carbocycles. The molecule has 2 amide bonds. The molecule has 0 spiro atoms. The molecule has 8 heteroatoms. The van der Waals surface area contributed by atoms with Gasteiger partial charge in [-0.05, 0) is 61.8 Å². The summed E-state index contributed by atoms with van der Waals surface area (Å²) in [6, 6.07) is 11.5. The highest BCUT2D eigenvalue weighted by atomic mass is 16.5. The van der Waals surface area contributed by atoms with Crippen LogP contribution in [0.1, 0.15) is 41.6 Å². The van der Waals surface area contributed by atoms with Crippen LogP contribution in [0.5, 0.6) is 17.5 Å². The maximum Gasteiger partial charge on any atom is 0.259 e. The average Bonchev–Trinajstić information content (AvgIpc) is 3.76. The van der Waals surface area contributed by atoms with Gasteiger partial charge in [-0.2, -0.15) is 4.98 Å². The summed E-state index contributed by atoms with van der Waals surface area (Å²) in [6.45, 7) is 1.25. The van der Waals surface area contributed by atoms with Crippen LogP contribution in [0.25, 0.3) is 0 Å². The van der Waals surface area contributed by atoms with Crippen LogP contribution in [0, 0.1) is 11.8 Å². The fourth-order valence-electron chi connectivity index (χ4n) is 4.96. The molecule has 0 bridgehead atoms. The molecule has 1 aromatic heterocycles. The molecule has 1 aliphatic heterocycles. The Kier molecular flexibility index (Phi) is 7.78. The van der Waals surface area contributed by atoms with Gasteiger partial charge in [0.1, 0.15) is 11.3 Å². The first kappa shape index (κ1) is 24.8. The minimum Gasteiger partial charge on any atom is -0.497 e. The monoisotopic (exact) mass is 481 g/mol. The number of piperidine rings is 1. The van der Waals surface area contributed by atoms with Gasteiger partial charge in [0, 0.05) is 38.2 Å². The van der Waals surface area contributed by atoms with E-state index in [0.717, 1.165) is 43.4 Å². The first-order chi connectivity index (χ1) is 16.9. The molecule has 1 saturated carbocycles. The van der Waals surface area contributed by atoms with Crippen LogP contribution in [0.4, 0.5) is 0 Å². The van der Waals surface area contributed by atoms with E-state index in [1.54, 1.807) is 19.2 Å². The maximum absolute atomic E-state index is 13.2. The van der Waals surface area contributed by atoms with E-state index >= 15 is 0 Å². The fraction of sp³-hybridized carbons (Fsp3) is 0.519. The van der Waals surface area contributed by atoms with Crippen molar-refractivity contribution < 1.29 is 23.8 Å². The number of methoxy groups -OCH3 is 3. The Morgan fingerprint density at radius 1 is 1.03 bits per heavy atom. The summed E-state index contributed by atoms with van der Waals surface area (Å²) in [7, 11) is 6.64. The molecule has 2 aromatic rings. The van der Waals surface area contributed by atoms with E-state index in [1.165, 1.54) is 14.2 Å². The van der Waals surface area contributed by atoms with Crippen molar-refractivity contribution in [3.05, 3.63) is 47.5 Å². The highest BCUT2D eigenvalue weighted by Gasteiger charge is 2.38. The summed E-state index contributed by atoms with van der Waals surface area (Å²) in [4.78, 5) is 34.3. The lowest BCUT2D eigenvalue weighted by Crippen LogP contribution is -2.48. The summed E-state index contributed by atoms with van der Waals surface area (Å²) in [5.74, 6) is 2.11. The van der Waals surface area contributed by atoms with E-state index in [-0.39, 0.29) is 29.7 Å². The predicted molar refractivity (Wildman–Crippen MR) is 132 cm³/mol. The van der Waals surface area contributed by atoms with E-state index < -0.39 is 0 Å². The number of ether oxygens (including phenoxy) is 3. The van der Waals surface area contributed by atoms with Crippen LogP contribution in [0.15, 0.2) is 36.4 Å². The van der Waals surface area contributed by atoms with E-state index in [9.17, 15) is 9.59 Å². The number of hydrogen-bond donors (Lipinski definition) is 0. The maximum atomic E-state index is 13.2. The van der Waals surface area contributed by atoms with Crippen LogP contribution in [-0.4, -0.2) is 74.1 Å². The number of likely N-dealkylation sites (N-methyl/N-ethyl adjacent to an activating group) is 1. The third-order valence-electron chi connectivity index (χ3n) is 7.19. The van der Waals surface area contributed by atoms with Gasteiger partial charge in [-0.3, -0.25) is 9.59 Å². The number of carbonyl (C=O) groups excluding carboxylic acids is 2. The molecule has 2 heterocycles. The number of amides is 2. The second kappa shape index (κ2) is 11.0. The van der Waals surface area contributed by atoms with Crippen LogP contribution in [-0.2, 0) is 11.2 Å². The minimum atomic E-state index is -0.0952. The van der Waals surface area contributed by atoms with Gasteiger partial charge in [0.05, 0.1) is 21.3 Å². The van der Waals surface area contributed by atoms with Crippen molar-refractivity contribution in [2.24, 2.45) is 11.8 Å². The van der Waals surface area contributed by atoms with Gasteiger partial charge < -0.3 is 24.0 Å². The Bertz CT molecular complexity index is 1050. The number of nitrogens with zero attached hydrogens (tertiary/aromatic N) is 3. The normalized spacial score (nSPS) is 17.0. The number of pyridine rings is 1. The molecule has 188 valence electrons. The van der Waals surface area contributed by atoms with Gasteiger partial charge in [0.2, 0.25) is 17.7 Å². The van der Waals surface area contributed by atoms with Gasteiger partial charge in [-0.15, -0.1) is 0 Å². The van der Waals surface area contributed by atoms with Gasteiger partial charge in [-0.25, -0.2) is 0 Å². The lowest BCUT2D eigenvalue weighted by atomic mass is 9.84. The Hall–Kier alpha value is -3.29. The van der Waals surface area contributed by atoms with E-state index in [1.807, 2.05) is 35.0 Å². The minimum absolute atomic E-state index is 0.0737. The summed E-state index contributed by atoms with van der Waals surface area (Å²) in [5.41, 5.74) is 1.58. The summed E-state index contributed by atoms with van der Waals surface area (Å²) >= 11 is 0.